The Morgan fingerprint density at radius 2 is 1.78 bits per heavy atom. The SMILES string of the molecule is C=CCCOC(=O)N(CCOCCO)[C@H]1CC(=NOC)C2=C[C@H](CCCCO)[C@@H](CCCCO)[C@@H]3c4cc(OCCSc5ccccc5)ccc4O[C@@]1(OCC=C)[C@H]23. The minimum absolute atomic E-state index is 0.0701. The van der Waals surface area contributed by atoms with Gasteiger partial charge in [0.2, 0.25) is 5.79 Å². The van der Waals surface area contributed by atoms with Gasteiger partial charge in [0.25, 0.3) is 0 Å². The molecular formula is C45H62N2O10S. The summed E-state index contributed by atoms with van der Waals surface area (Å²) in [5, 5.41) is 33.8. The van der Waals surface area contributed by atoms with Crippen molar-refractivity contribution >= 4 is 23.6 Å². The number of fused-ring (bicyclic) bond motifs is 2. The maximum absolute atomic E-state index is 14.2. The molecule has 318 valence electrons. The summed E-state index contributed by atoms with van der Waals surface area (Å²) in [5.74, 6) is 0.206. The number of allylic oxidation sites excluding steroid dienone is 1. The lowest BCUT2D eigenvalue weighted by molar-refractivity contribution is -0.256. The first-order chi connectivity index (χ1) is 28.5. The van der Waals surface area contributed by atoms with E-state index in [4.69, 9.17) is 28.5 Å². The predicted octanol–water partition coefficient (Wildman–Crippen LogP) is 7.14. The van der Waals surface area contributed by atoms with Gasteiger partial charge in [0, 0.05) is 48.3 Å². The highest BCUT2D eigenvalue weighted by Crippen LogP contribution is 2.62. The van der Waals surface area contributed by atoms with Crippen LogP contribution >= 0.6 is 11.8 Å². The quantitative estimate of drug-likeness (QED) is 0.0385. The second-order valence-electron chi connectivity index (χ2n) is 14.7. The van der Waals surface area contributed by atoms with Gasteiger partial charge in [-0.3, -0.25) is 4.90 Å². The van der Waals surface area contributed by atoms with Crippen molar-refractivity contribution in [3.05, 3.63) is 91.1 Å². The highest BCUT2D eigenvalue weighted by atomic mass is 32.2. The summed E-state index contributed by atoms with van der Waals surface area (Å²) in [5.41, 5.74) is 2.60. The zero-order valence-corrected chi connectivity index (χ0v) is 34.7. The molecule has 0 radical (unpaired) electrons. The van der Waals surface area contributed by atoms with Crippen LogP contribution in [-0.4, -0.2) is 116 Å². The average molecular weight is 823 g/mol. The highest BCUT2D eigenvalue weighted by Gasteiger charge is 2.65. The number of hydrogen-bond donors (Lipinski definition) is 3. The summed E-state index contributed by atoms with van der Waals surface area (Å²) in [4.78, 5) is 22.5. The normalized spacial score (nSPS) is 23.8. The molecule has 3 aliphatic rings. The van der Waals surface area contributed by atoms with E-state index in [0.717, 1.165) is 48.3 Å². The Kier molecular flexibility index (Phi) is 18.5. The maximum Gasteiger partial charge on any atom is 0.410 e. The molecule has 2 aromatic rings. The van der Waals surface area contributed by atoms with Gasteiger partial charge in [0.05, 0.1) is 51.3 Å². The summed E-state index contributed by atoms with van der Waals surface area (Å²) in [7, 11) is 1.52. The van der Waals surface area contributed by atoms with Crippen LogP contribution in [0.25, 0.3) is 0 Å². The summed E-state index contributed by atoms with van der Waals surface area (Å²) in [6, 6.07) is 15.4. The van der Waals surface area contributed by atoms with Crippen molar-refractivity contribution in [3.63, 3.8) is 0 Å². The number of nitrogens with zero attached hydrogens (tertiary/aromatic N) is 2. The van der Waals surface area contributed by atoms with Gasteiger partial charge in [-0.05, 0) is 79.8 Å². The first-order valence-electron chi connectivity index (χ1n) is 20.6. The number of rotatable bonds is 26. The van der Waals surface area contributed by atoms with Crippen LogP contribution in [-0.2, 0) is 19.0 Å². The van der Waals surface area contributed by atoms with Crippen molar-refractivity contribution < 1.29 is 48.6 Å². The smallest absolute Gasteiger partial charge is 0.410 e. The fourth-order valence-corrected chi connectivity index (χ4v) is 9.45. The van der Waals surface area contributed by atoms with Crippen LogP contribution in [0.2, 0.25) is 0 Å². The third-order valence-electron chi connectivity index (χ3n) is 11.1. The Morgan fingerprint density at radius 3 is 2.50 bits per heavy atom. The van der Waals surface area contributed by atoms with Crippen molar-refractivity contribution in [2.75, 3.05) is 72.3 Å². The van der Waals surface area contributed by atoms with E-state index in [9.17, 15) is 20.1 Å². The van der Waals surface area contributed by atoms with Gasteiger partial charge in [-0.15, -0.1) is 24.9 Å². The van der Waals surface area contributed by atoms with E-state index < -0.39 is 23.8 Å². The van der Waals surface area contributed by atoms with E-state index in [-0.39, 0.29) is 77.0 Å². The van der Waals surface area contributed by atoms with E-state index in [1.807, 2.05) is 30.3 Å². The number of oxime groups is 1. The molecule has 5 rings (SSSR count). The minimum Gasteiger partial charge on any atom is -0.493 e. The van der Waals surface area contributed by atoms with E-state index in [1.165, 1.54) is 12.0 Å². The molecule has 0 aromatic heterocycles. The van der Waals surface area contributed by atoms with Crippen molar-refractivity contribution in [1.82, 2.24) is 4.90 Å². The Hall–Kier alpha value is -3.85. The van der Waals surface area contributed by atoms with Gasteiger partial charge in [0.15, 0.2) is 0 Å². The molecule has 1 saturated carbocycles. The zero-order valence-electron chi connectivity index (χ0n) is 33.9. The fourth-order valence-electron chi connectivity index (χ4n) is 8.70. The molecule has 1 amide bonds. The van der Waals surface area contributed by atoms with Gasteiger partial charge in [0.1, 0.15) is 24.7 Å². The number of amides is 1. The number of aliphatic hydroxyl groups is 3. The molecule has 13 heteroatoms. The van der Waals surface area contributed by atoms with Crippen LogP contribution in [0.5, 0.6) is 11.5 Å². The molecule has 0 saturated heterocycles. The second-order valence-corrected chi connectivity index (χ2v) is 15.9. The van der Waals surface area contributed by atoms with Crippen LogP contribution in [0.3, 0.4) is 0 Å². The number of thioether (sulfide) groups is 1. The third-order valence-corrected chi connectivity index (χ3v) is 12.1. The van der Waals surface area contributed by atoms with Gasteiger partial charge in [-0.2, -0.15) is 0 Å². The summed E-state index contributed by atoms with van der Waals surface area (Å²) in [6.07, 6.45) is 10.5. The van der Waals surface area contributed by atoms with Crippen molar-refractivity contribution in [2.45, 2.75) is 74.0 Å². The molecule has 0 bridgehead atoms. The van der Waals surface area contributed by atoms with E-state index in [0.29, 0.717) is 37.3 Å². The first kappa shape index (κ1) is 45.2. The Bertz CT molecular complexity index is 1660. The molecule has 0 unspecified atom stereocenters. The van der Waals surface area contributed by atoms with Crippen molar-refractivity contribution in [3.8, 4) is 11.5 Å². The number of carbonyl (C=O) groups excluding carboxylic acids is 1. The van der Waals surface area contributed by atoms with Crippen LogP contribution in [0.15, 0.2) is 95.5 Å². The highest BCUT2D eigenvalue weighted by molar-refractivity contribution is 7.99. The third kappa shape index (κ3) is 11.2. The molecule has 2 aromatic carbocycles. The summed E-state index contributed by atoms with van der Waals surface area (Å²) in [6.45, 7) is 8.97. The molecule has 3 N–H and O–H groups in total. The standard InChI is InChI=1S/C45H62N2O10S/c1-4-6-25-55-44(51)47(20-26-53-27-23-50)41-32-39(46-52-3)37-30-33(14-10-12-21-48)36(17-11-13-22-49)42-38-31-34(54-28-29-58-35-15-8-7-9-16-35)18-19-40(38)57-45(41,43(37)42)56-24-5-2/h4-5,7-9,15-16,18-19,30-31,33,36,41-43,48-50H,1-2,6,10-14,17,20-29,32H2,3H3/t33-,36+,41-,42+,43+,45+/m0/s1. The van der Waals surface area contributed by atoms with E-state index in [1.54, 1.807) is 28.8 Å². The van der Waals surface area contributed by atoms with Crippen LogP contribution in [0.4, 0.5) is 4.79 Å². The number of unbranched alkanes of at least 4 members (excludes halogenated alkanes) is 2. The molecule has 1 fully saturated rings. The Balaban J connectivity index is 1.66. The second kappa shape index (κ2) is 23.7. The fraction of sp³-hybridized carbons (Fsp3) is 0.556. The average Bonchev–Trinajstić information content (AvgIpc) is 3.24. The number of carbonyl (C=O) groups is 1. The van der Waals surface area contributed by atoms with Gasteiger partial charge >= 0.3 is 6.09 Å². The lowest BCUT2D eigenvalue weighted by Gasteiger charge is -2.59. The largest absolute Gasteiger partial charge is 0.493 e. The summed E-state index contributed by atoms with van der Waals surface area (Å²) >= 11 is 1.74. The topological polar surface area (TPSA) is 149 Å². The number of hydrogen-bond acceptors (Lipinski definition) is 12. The lowest BCUT2D eigenvalue weighted by Crippen LogP contribution is -2.70. The maximum atomic E-state index is 14.2. The van der Waals surface area contributed by atoms with Gasteiger partial charge < -0.3 is 43.8 Å². The van der Waals surface area contributed by atoms with Gasteiger partial charge in [-0.25, -0.2) is 4.79 Å². The number of ether oxygens (including phenoxy) is 5. The lowest BCUT2D eigenvalue weighted by atomic mass is 9.55. The van der Waals surface area contributed by atoms with Crippen LogP contribution in [0, 0.1) is 17.8 Å². The Labute approximate surface area is 347 Å². The van der Waals surface area contributed by atoms with Crippen LogP contribution < -0.4 is 9.47 Å². The zero-order chi connectivity index (χ0) is 41.2. The Morgan fingerprint density at radius 1 is 0.983 bits per heavy atom. The van der Waals surface area contributed by atoms with Gasteiger partial charge in [-0.1, -0.05) is 54.4 Å². The molecule has 12 nitrogen and oxygen atoms in total. The minimum atomic E-state index is -1.43. The first-order valence-corrected chi connectivity index (χ1v) is 21.6. The molecular weight excluding hydrogens is 761 g/mol. The summed E-state index contributed by atoms with van der Waals surface area (Å²) < 4.78 is 32.2. The molecule has 6 atom stereocenters. The molecule has 1 aliphatic heterocycles. The number of aliphatic hydroxyl groups excluding tert-OH is 3. The van der Waals surface area contributed by atoms with Crippen molar-refractivity contribution in [1.29, 1.82) is 0 Å². The molecule has 58 heavy (non-hydrogen) atoms. The van der Waals surface area contributed by atoms with Crippen LogP contribution in [0.1, 0.15) is 62.8 Å². The monoisotopic (exact) mass is 822 g/mol. The molecule has 1 heterocycles. The van der Waals surface area contributed by atoms with E-state index >= 15 is 0 Å². The predicted molar refractivity (Wildman–Crippen MR) is 225 cm³/mol. The van der Waals surface area contributed by atoms with Crippen molar-refractivity contribution in [2.24, 2.45) is 22.9 Å². The molecule has 0 spiro atoms. The molecule has 2 aliphatic carbocycles. The van der Waals surface area contributed by atoms with E-state index in [2.05, 4.69) is 42.6 Å². The number of benzene rings is 2.